The zero-order valence-electron chi connectivity index (χ0n) is 19.0. The highest BCUT2D eigenvalue weighted by Gasteiger charge is 2.31. The van der Waals surface area contributed by atoms with Crippen LogP contribution in [0.5, 0.6) is 0 Å². The van der Waals surface area contributed by atoms with Crippen molar-refractivity contribution >= 4 is 5.91 Å². The summed E-state index contributed by atoms with van der Waals surface area (Å²) >= 11 is 0. The molecule has 4 rings (SSSR count). The van der Waals surface area contributed by atoms with Crippen molar-refractivity contribution in [2.45, 2.75) is 33.0 Å². The molecule has 1 aromatic heterocycles. The smallest absolute Gasteiger partial charge is 0.341 e. The summed E-state index contributed by atoms with van der Waals surface area (Å²) in [7, 11) is 0. The van der Waals surface area contributed by atoms with Gasteiger partial charge in [0.15, 0.2) is 0 Å². The Labute approximate surface area is 191 Å². The topological polar surface area (TPSA) is 65.7 Å². The van der Waals surface area contributed by atoms with Gasteiger partial charge in [-0.05, 0) is 30.4 Å². The lowest BCUT2D eigenvalue weighted by molar-refractivity contribution is -0.137. The summed E-state index contributed by atoms with van der Waals surface area (Å²) in [5.41, 5.74) is -0.477. The molecule has 7 nitrogen and oxygen atoms in total. The zero-order chi connectivity index (χ0) is 23.6. The minimum Gasteiger partial charge on any atom is -0.341 e. The minimum atomic E-state index is -4.42. The Morgan fingerprint density at radius 1 is 1.09 bits per heavy atom. The molecule has 3 heterocycles. The van der Waals surface area contributed by atoms with Crippen molar-refractivity contribution in [3.05, 3.63) is 35.7 Å². The lowest BCUT2D eigenvalue weighted by Gasteiger charge is -2.38. The average Bonchev–Trinajstić information content (AvgIpc) is 3.22. The van der Waals surface area contributed by atoms with Crippen molar-refractivity contribution < 1.29 is 22.5 Å². The van der Waals surface area contributed by atoms with Crippen LogP contribution in [0.25, 0.3) is 11.4 Å². The van der Waals surface area contributed by atoms with E-state index in [1.165, 1.54) is 18.6 Å². The largest absolute Gasteiger partial charge is 0.416 e. The van der Waals surface area contributed by atoms with Crippen LogP contribution in [0.3, 0.4) is 0 Å². The maximum absolute atomic E-state index is 12.9. The molecule has 0 spiro atoms. The first-order valence-electron chi connectivity index (χ1n) is 11.4. The fraction of sp³-hybridized carbons (Fsp3) is 0.609. The lowest BCUT2D eigenvalue weighted by atomic mass is 9.92. The van der Waals surface area contributed by atoms with Crippen LogP contribution in [0, 0.1) is 11.8 Å². The third-order valence-electron chi connectivity index (χ3n) is 6.32. The van der Waals surface area contributed by atoms with E-state index >= 15 is 0 Å². The van der Waals surface area contributed by atoms with Gasteiger partial charge < -0.3 is 9.42 Å². The van der Waals surface area contributed by atoms with Gasteiger partial charge in [0.25, 0.3) is 0 Å². The highest BCUT2D eigenvalue weighted by atomic mass is 19.4. The van der Waals surface area contributed by atoms with Crippen molar-refractivity contribution in [3.8, 4) is 11.4 Å². The number of rotatable bonds is 5. The molecule has 2 aliphatic rings. The van der Waals surface area contributed by atoms with Crippen molar-refractivity contribution in [3.63, 3.8) is 0 Å². The number of aromatic nitrogens is 2. The molecule has 0 bridgehead atoms. The Hall–Kier alpha value is -2.46. The van der Waals surface area contributed by atoms with E-state index in [-0.39, 0.29) is 17.3 Å². The number of benzene rings is 1. The van der Waals surface area contributed by atoms with Crippen LogP contribution in [0.4, 0.5) is 13.2 Å². The van der Waals surface area contributed by atoms with E-state index in [0.717, 1.165) is 51.4 Å². The summed E-state index contributed by atoms with van der Waals surface area (Å²) in [6.45, 7) is 9.97. The van der Waals surface area contributed by atoms with E-state index in [2.05, 4.69) is 33.8 Å². The maximum Gasteiger partial charge on any atom is 0.416 e. The molecule has 0 aliphatic carbocycles. The number of halogens is 3. The molecule has 10 heteroatoms. The number of carbonyl (C=O) groups excluding carboxylic acids is 1. The van der Waals surface area contributed by atoms with Crippen LogP contribution in [0.1, 0.15) is 31.7 Å². The average molecular weight is 466 g/mol. The molecule has 180 valence electrons. The van der Waals surface area contributed by atoms with Crippen molar-refractivity contribution in [2.24, 2.45) is 11.8 Å². The third-order valence-corrected chi connectivity index (χ3v) is 6.32. The van der Waals surface area contributed by atoms with E-state index < -0.39 is 11.7 Å². The molecule has 2 fully saturated rings. The van der Waals surface area contributed by atoms with E-state index in [4.69, 9.17) is 4.52 Å². The molecule has 0 N–H and O–H groups in total. The van der Waals surface area contributed by atoms with E-state index in [1.54, 1.807) is 0 Å². The summed E-state index contributed by atoms with van der Waals surface area (Å²) in [6, 6.07) is 4.90. The Balaban J connectivity index is 1.27. The van der Waals surface area contributed by atoms with Gasteiger partial charge in [0.2, 0.25) is 17.6 Å². The van der Waals surface area contributed by atoms with Gasteiger partial charge in [-0.25, -0.2) is 0 Å². The first-order valence-corrected chi connectivity index (χ1v) is 11.4. The Bertz CT molecular complexity index is 946. The van der Waals surface area contributed by atoms with E-state index in [0.29, 0.717) is 30.8 Å². The molecule has 2 aromatic rings. The summed E-state index contributed by atoms with van der Waals surface area (Å²) in [6.07, 6.45) is -3.25. The summed E-state index contributed by atoms with van der Waals surface area (Å²) < 4.78 is 44.1. The van der Waals surface area contributed by atoms with Crippen LogP contribution in [-0.4, -0.2) is 76.6 Å². The van der Waals surface area contributed by atoms with Crippen molar-refractivity contribution in [1.82, 2.24) is 24.8 Å². The van der Waals surface area contributed by atoms with Gasteiger partial charge >= 0.3 is 6.18 Å². The van der Waals surface area contributed by atoms with Crippen LogP contribution >= 0.6 is 0 Å². The zero-order valence-corrected chi connectivity index (χ0v) is 19.0. The highest BCUT2D eigenvalue weighted by Crippen LogP contribution is 2.31. The van der Waals surface area contributed by atoms with Crippen LogP contribution in [0.2, 0.25) is 0 Å². The standard InChI is InChI=1S/C23H30F3N5O2/c1-16-10-17(2)13-31(12-16)21(32)15-30-8-6-29(7-9-30)14-20-27-22(28-33-20)18-4-3-5-19(11-18)23(24,25)26/h3-5,11,16-17H,6-10,12-15H2,1-2H3. The third kappa shape index (κ3) is 6.11. The second kappa shape index (κ2) is 9.80. The molecule has 2 aliphatic heterocycles. The fourth-order valence-electron chi connectivity index (χ4n) is 4.73. The number of alkyl halides is 3. The van der Waals surface area contributed by atoms with Gasteiger partial charge in [0.05, 0.1) is 18.7 Å². The Morgan fingerprint density at radius 2 is 1.76 bits per heavy atom. The Morgan fingerprint density at radius 3 is 2.42 bits per heavy atom. The van der Waals surface area contributed by atoms with Crippen LogP contribution < -0.4 is 0 Å². The van der Waals surface area contributed by atoms with Gasteiger partial charge in [0, 0.05) is 44.8 Å². The van der Waals surface area contributed by atoms with Gasteiger partial charge in [-0.2, -0.15) is 18.2 Å². The van der Waals surface area contributed by atoms with Crippen molar-refractivity contribution in [1.29, 1.82) is 0 Å². The molecule has 1 amide bonds. The molecule has 0 radical (unpaired) electrons. The first kappa shape index (κ1) is 23.7. The Kier molecular flexibility index (Phi) is 7.04. The minimum absolute atomic E-state index is 0.144. The molecule has 2 atom stereocenters. The number of piperidine rings is 1. The SMILES string of the molecule is CC1CC(C)CN(C(=O)CN2CCN(Cc3nc(-c4cccc(C(F)(F)F)c4)no3)CC2)C1. The quantitative estimate of drug-likeness (QED) is 0.675. The number of piperazine rings is 1. The second-order valence-electron chi connectivity index (χ2n) is 9.39. The van der Waals surface area contributed by atoms with Crippen LogP contribution in [0.15, 0.2) is 28.8 Å². The molecule has 1 aromatic carbocycles. The van der Waals surface area contributed by atoms with Gasteiger partial charge in [-0.1, -0.05) is 31.1 Å². The first-order chi connectivity index (χ1) is 15.7. The monoisotopic (exact) mass is 465 g/mol. The molecule has 33 heavy (non-hydrogen) atoms. The second-order valence-corrected chi connectivity index (χ2v) is 9.39. The van der Waals surface area contributed by atoms with Gasteiger partial charge in [0.1, 0.15) is 0 Å². The molecular formula is C23H30F3N5O2. The number of amides is 1. The highest BCUT2D eigenvalue weighted by molar-refractivity contribution is 5.78. The summed E-state index contributed by atoms with van der Waals surface area (Å²) in [5.74, 6) is 1.80. The van der Waals surface area contributed by atoms with Crippen LogP contribution in [-0.2, 0) is 17.5 Å². The lowest BCUT2D eigenvalue weighted by Crippen LogP contribution is -2.51. The summed E-state index contributed by atoms with van der Waals surface area (Å²) in [5, 5.41) is 3.85. The maximum atomic E-state index is 12.9. The number of nitrogens with zero attached hydrogens (tertiary/aromatic N) is 5. The number of hydrogen-bond acceptors (Lipinski definition) is 6. The molecule has 2 unspecified atom stereocenters. The predicted octanol–water partition coefficient (Wildman–Crippen LogP) is 3.38. The van der Waals surface area contributed by atoms with Crippen molar-refractivity contribution in [2.75, 3.05) is 45.8 Å². The normalized spacial score (nSPS) is 23.1. The molecular weight excluding hydrogens is 435 g/mol. The van der Waals surface area contributed by atoms with Gasteiger partial charge in [-0.3, -0.25) is 14.6 Å². The molecule has 2 saturated heterocycles. The number of carbonyl (C=O) groups is 1. The van der Waals surface area contributed by atoms with E-state index in [1.807, 2.05) is 4.90 Å². The fourth-order valence-corrected chi connectivity index (χ4v) is 4.73. The van der Waals surface area contributed by atoms with E-state index in [9.17, 15) is 18.0 Å². The van der Waals surface area contributed by atoms with Gasteiger partial charge in [-0.15, -0.1) is 0 Å². The number of likely N-dealkylation sites (tertiary alicyclic amines) is 1. The summed E-state index contributed by atoms with van der Waals surface area (Å²) in [4.78, 5) is 23.3. The number of hydrogen-bond donors (Lipinski definition) is 0. The predicted molar refractivity (Wildman–Crippen MR) is 116 cm³/mol. The molecule has 0 saturated carbocycles.